The number of benzene rings is 2. The Morgan fingerprint density at radius 2 is 1.59 bits per heavy atom. The number of ether oxygens (including phenoxy) is 2. The largest absolute Gasteiger partial charge is 0.462 e. The molecule has 2 aromatic carbocycles. The van der Waals surface area contributed by atoms with E-state index in [0.29, 0.717) is 10.6 Å². The molecule has 176 valence electrons. The van der Waals surface area contributed by atoms with Crippen molar-refractivity contribution in [3.8, 4) is 0 Å². The van der Waals surface area contributed by atoms with Crippen LogP contribution in [-0.2, 0) is 19.1 Å². The third-order valence-electron chi connectivity index (χ3n) is 5.50. The number of esters is 2. The predicted octanol–water partition coefficient (Wildman–Crippen LogP) is 4.70. The fourth-order valence-electron chi connectivity index (χ4n) is 4.19. The van der Waals surface area contributed by atoms with E-state index in [9.17, 15) is 14.4 Å². The van der Waals surface area contributed by atoms with Crippen LogP contribution in [0.2, 0.25) is 5.02 Å². The number of fused-ring (bicyclic) bond motifs is 3. The first-order valence-corrected chi connectivity index (χ1v) is 11.4. The van der Waals surface area contributed by atoms with Crippen LogP contribution >= 0.6 is 11.6 Å². The molecule has 0 radical (unpaired) electrons. The normalized spacial score (nSPS) is 18.7. The minimum atomic E-state index is -1.10. The van der Waals surface area contributed by atoms with E-state index in [1.165, 1.54) is 5.01 Å². The highest BCUT2D eigenvalue weighted by molar-refractivity contribution is 6.30. The van der Waals surface area contributed by atoms with Gasteiger partial charge in [-0.2, -0.15) is 5.10 Å². The molecule has 34 heavy (non-hydrogen) atoms. The molecular weight excluding hydrogens is 456 g/mol. The molecule has 2 aliphatic rings. The quantitative estimate of drug-likeness (QED) is 0.440. The Bertz CT molecular complexity index is 1200. The number of hydrogen-bond donors (Lipinski definition) is 0. The first kappa shape index (κ1) is 23.7. The van der Waals surface area contributed by atoms with Gasteiger partial charge in [0.05, 0.1) is 30.0 Å². The zero-order chi connectivity index (χ0) is 24.6. The van der Waals surface area contributed by atoms with E-state index in [4.69, 9.17) is 21.1 Å². The highest BCUT2D eigenvalue weighted by Crippen LogP contribution is 2.48. The topological polar surface area (TPSA) is 85.3 Å². The van der Waals surface area contributed by atoms with Gasteiger partial charge in [-0.3, -0.25) is 14.6 Å². The Balaban J connectivity index is 1.93. The summed E-state index contributed by atoms with van der Waals surface area (Å²) in [6.07, 6.45) is 0.742. The van der Waals surface area contributed by atoms with Crippen molar-refractivity contribution in [2.24, 2.45) is 11.0 Å². The lowest BCUT2D eigenvalue weighted by Gasteiger charge is -2.31. The molecule has 0 aliphatic carbocycles. The van der Waals surface area contributed by atoms with Crippen LogP contribution in [0, 0.1) is 5.92 Å². The number of nitrogens with zero attached hydrogens (tertiary/aromatic N) is 2. The predicted molar refractivity (Wildman–Crippen MR) is 127 cm³/mol. The molecule has 8 heteroatoms. The number of rotatable bonds is 6. The van der Waals surface area contributed by atoms with Crippen molar-refractivity contribution in [2.75, 3.05) is 0 Å². The van der Waals surface area contributed by atoms with E-state index in [1.807, 2.05) is 24.3 Å². The highest BCUT2D eigenvalue weighted by atomic mass is 35.5. The van der Waals surface area contributed by atoms with Crippen molar-refractivity contribution < 1.29 is 23.9 Å². The van der Waals surface area contributed by atoms with Gasteiger partial charge in [0.15, 0.2) is 0 Å². The summed E-state index contributed by atoms with van der Waals surface area (Å²) in [7, 11) is 0. The Morgan fingerprint density at radius 1 is 0.941 bits per heavy atom. The molecule has 0 saturated heterocycles. The maximum absolute atomic E-state index is 13.7. The smallest absolute Gasteiger partial charge is 0.337 e. The van der Waals surface area contributed by atoms with Crippen molar-refractivity contribution in [3.05, 3.63) is 81.5 Å². The molecule has 2 aliphatic heterocycles. The summed E-state index contributed by atoms with van der Waals surface area (Å²) in [5.74, 6) is -2.93. The van der Waals surface area contributed by atoms with Crippen LogP contribution in [0.25, 0.3) is 0 Å². The molecule has 0 amide bonds. The molecule has 0 bridgehead atoms. The number of Topliss-reactive ketones (excluding diaryl/α,β-unsaturated/α-hetero) is 1. The number of hydrazone groups is 1. The van der Waals surface area contributed by atoms with Crippen LogP contribution in [0.5, 0.6) is 0 Å². The first-order chi connectivity index (χ1) is 16.2. The number of halogens is 1. The van der Waals surface area contributed by atoms with Crippen molar-refractivity contribution >= 4 is 35.5 Å². The van der Waals surface area contributed by atoms with Crippen LogP contribution in [-0.4, -0.2) is 41.2 Å². The van der Waals surface area contributed by atoms with Crippen LogP contribution < -0.4 is 0 Å². The van der Waals surface area contributed by atoms with E-state index in [1.54, 1.807) is 58.2 Å². The summed E-state index contributed by atoms with van der Waals surface area (Å²) < 4.78 is 11.0. The summed E-state index contributed by atoms with van der Waals surface area (Å²) >= 11 is 6.00. The SMILES string of the molecule is CC(C)OC(=O)C1=C(C(=O)c2ccc(Cl)cc2)N2N=Cc3ccccc3C2C1C(=O)OC(C)C. The van der Waals surface area contributed by atoms with E-state index in [-0.39, 0.29) is 11.3 Å². The van der Waals surface area contributed by atoms with Gasteiger partial charge in [0.2, 0.25) is 5.78 Å². The Morgan fingerprint density at radius 3 is 2.24 bits per heavy atom. The van der Waals surface area contributed by atoms with Gasteiger partial charge in [-0.1, -0.05) is 35.9 Å². The molecule has 2 aromatic rings. The van der Waals surface area contributed by atoms with E-state index in [0.717, 1.165) is 11.1 Å². The van der Waals surface area contributed by atoms with Gasteiger partial charge in [-0.15, -0.1) is 0 Å². The summed E-state index contributed by atoms with van der Waals surface area (Å²) in [6.45, 7) is 6.87. The van der Waals surface area contributed by atoms with Crippen LogP contribution in [0.15, 0.2) is 64.9 Å². The Labute approximate surface area is 203 Å². The minimum absolute atomic E-state index is 0.00516. The Kier molecular flexibility index (Phi) is 6.57. The summed E-state index contributed by atoms with van der Waals surface area (Å²) in [5, 5.41) is 6.41. The lowest BCUT2D eigenvalue weighted by Crippen LogP contribution is -2.34. The van der Waals surface area contributed by atoms with Crippen LogP contribution in [0.3, 0.4) is 0 Å². The number of carbonyl (C=O) groups excluding carboxylic acids is 3. The molecule has 7 nitrogen and oxygen atoms in total. The average molecular weight is 481 g/mol. The van der Waals surface area contributed by atoms with Crippen LogP contribution in [0.1, 0.15) is 55.2 Å². The fraction of sp³-hybridized carbons (Fsp3) is 0.308. The molecule has 0 spiro atoms. The molecule has 2 heterocycles. The molecule has 2 atom stereocenters. The third kappa shape index (κ3) is 4.35. The van der Waals surface area contributed by atoms with Crippen molar-refractivity contribution in [1.82, 2.24) is 5.01 Å². The number of ketones is 1. The summed E-state index contributed by atoms with van der Waals surface area (Å²) in [4.78, 5) is 40.5. The molecule has 0 N–H and O–H groups in total. The molecule has 2 unspecified atom stereocenters. The zero-order valence-electron chi connectivity index (χ0n) is 19.3. The molecule has 0 saturated carbocycles. The Hall–Kier alpha value is -3.45. The number of hydrogen-bond acceptors (Lipinski definition) is 7. The molecule has 4 rings (SSSR count). The van der Waals surface area contributed by atoms with Gasteiger partial charge in [-0.25, -0.2) is 4.79 Å². The third-order valence-corrected chi connectivity index (χ3v) is 5.75. The van der Waals surface area contributed by atoms with Gasteiger partial charge in [0, 0.05) is 10.6 Å². The second-order valence-electron chi connectivity index (χ2n) is 8.68. The second kappa shape index (κ2) is 9.43. The van der Waals surface area contributed by atoms with Crippen molar-refractivity contribution in [1.29, 1.82) is 0 Å². The lowest BCUT2D eigenvalue weighted by molar-refractivity contribution is -0.155. The summed E-state index contributed by atoms with van der Waals surface area (Å²) in [5.41, 5.74) is 1.80. The maximum Gasteiger partial charge on any atom is 0.337 e. The van der Waals surface area contributed by atoms with Crippen LogP contribution in [0.4, 0.5) is 0 Å². The van der Waals surface area contributed by atoms with Crippen molar-refractivity contribution in [2.45, 2.75) is 45.9 Å². The van der Waals surface area contributed by atoms with E-state index >= 15 is 0 Å². The monoisotopic (exact) mass is 480 g/mol. The molecule has 0 fully saturated rings. The first-order valence-electron chi connectivity index (χ1n) is 11.1. The maximum atomic E-state index is 13.7. The fourth-order valence-corrected chi connectivity index (χ4v) is 4.32. The van der Waals surface area contributed by atoms with Gasteiger partial charge >= 0.3 is 11.9 Å². The van der Waals surface area contributed by atoms with Gasteiger partial charge in [-0.05, 0) is 63.1 Å². The molecular formula is C26H25ClN2O5. The minimum Gasteiger partial charge on any atom is -0.462 e. The van der Waals surface area contributed by atoms with Gasteiger partial charge in [0.25, 0.3) is 0 Å². The van der Waals surface area contributed by atoms with Gasteiger partial charge in [0.1, 0.15) is 11.6 Å². The van der Waals surface area contributed by atoms with Crippen molar-refractivity contribution in [3.63, 3.8) is 0 Å². The average Bonchev–Trinajstić information content (AvgIpc) is 3.14. The lowest BCUT2D eigenvalue weighted by atomic mass is 9.86. The molecule has 0 aromatic heterocycles. The number of carbonyl (C=O) groups is 3. The van der Waals surface area contributed by atoms with Gasteiger partial charge < -0.3 is 9.47 Å². The zero-order valence-corrected chi connectivity index (χ0v) is 20.1. The van der Waals surface area contributed by atoms with E-state index < -0.39 is 41.9 Å². The second-order valence-corrected chi connectivity index (χ2v) is 9.12. The highest BCUT2D eigenvalue weighted by Gasteiger charge is 2.53. The number of allylic oxidation sites excluding steroid dienone is 1. The van der Waals surface area contributed by atoms with E-state index in [2.05, 4.69) is 5.10 Å². The standard InChI is InChI=1S/C26H25ClN2O5/c1-14(2)33-25(31)20-21(26(32)34-15(3)4)23(24(30)16-9-11-18(27)12-10-16)29-22(20)19-8-6-5-7-17(19)13-28-29/h5-15,20,22H,1-4H3. The summed E-state index contributed by atoms with van der Waals surface area (Å²) in [6, 6.07) is 13.0.